The van der Waals surface area contributed by atoms with E-state index in [-0.39, 0.29) is 40.9 Å². The van der Waals surface area contributed by atoms with Crippen LogP contribution in [0.5, 0.6) is 0 Å². The van der Waals surface area contributed by atoms with Crippen molar-refractivity contribution in [2.45, 2.75) is 5.09 Å². The first kappa shape index (κ1) is 18.5. The van der Waals surface area contributed by atoms with Gasteiger partial charge in [0.1, 0.15) is 11.6 Å². The molecule has 1 amide bonds. The van der Waals surface area contributed by atoms with Gasteiger partial charge >= 0.3 is 29.6 Å². The minimum absolute atomic E-state index is 0. The molecular weight excluding hydrogens is 326 g/mol. The minimum Gasteiger partial charge on any atom is -0.742 e. The number of hydrogen-bond donors (Lipinski definition) is 1. The molecule has 0 spiro atoms. The predicted molar refractivity (Wildman–Crippen MR) is 68.1 cm³/mol. The molecule has 7 nitrogen and oxygen atoms in total. The molecule has 22 heavy (non-hydrogen) atoms. The van der Waals surface area contributed by atoms with Crippen LogP contribution in [0.2, 0.25) is 0 Å². The van der Waals surface area contributed by atoms with Gasteiger partial charge in [0.05, 0.1) is 11.8 Å². The Morgan fingerprint density at radius 2 is 1.95 bits per heavy atom. The van der Waals surface area contributed by atoms with Crippen LogP contribution in [0.3, 0.4) is 0 Å². The summed E-state index contributed by atoms with van der Waals surface area (Å²) in [5, 5.41) is 2.71. The maximum absolute atomic E-state index is 13.3. The predicted octanol–water partition coefficient (Wildman–Crippen LogP) is -1.91. The Bertz CT molecular complexity index is 803. The second-order valence-electron chi connectivity index (χ2n) is 3.79. The van der Waals surface area contributed by atoms with E-state index in [1.54, 1.807) is 0 Å². The van der Waals surface area contributed by atoms with Gasteiger partial charge in [0.2, 0.25) is 5.09 Å². The molecule has 1 heterocycles. The SMILES string of the molecule is O=C(N/N=C/c1ccc(S(=O)(=O)[O-])o1)c1ccccc1F.[Na+]. The summed E-state index contributed by atoms with van der Waals surface area (Å²) in [6.45, 7) is 0. The number of furan rings is 1. The first-order valence-electron chi connectivity index (χ1n) is 5.51. The van der Waals surface area contributed by atoms with Crippen molar-refractivity contribution in [3.05, 3.63) is 53.5 Å². The van der Waals surface area contributed by atoms with Crippen LogP contribution < -0.4 is 35.0 Å². The van der Waals surface area contributed by atoms with Crippen molar-refractivity contribution in [3.8, 4) is 0 Å². The average molecular weight is 334 g/mol. The maximum Gasteiger partial charge on any atom is 1.00 e. The van der Waals surface area contributed by atoms with E-state index in [0.717, 1.165) is 18.3 Å². The van der Waals surface area contributed by atoms with Crippen molar-refractivity contribution in [1.29, 1.82) is 0 Å². The number of halogens is 1. The maximum atomic E-state index is 13.3. The van der Waals surface area contributed by atoms with Crippen LogP contribution >= 0.6 is 0 Å². The van der Waals surface area contributed by atoms with E-state index < -0.39 is 26.9 Å². The number of rotatable bonds is 4. The molecule has 1 N–H and O–H groups in total. The number of hydrazone groups is 1. The monoisotopic (exact) mass is 334 g/mol. The molecule has 10 heteroatoms. The summed E-state index contributed by atoms with van der Waals surface area (Å²) in [6, 6.07) is 7.46. The van der Waals surface area contributed by atoms with Crippen LogP contribution in [0.15, 0.2) is 51.0 Å². The number of amides is 1. The van der Waals surface area contributed by atoms with Gasteiger partial charge in [-0.05, 0) is 24.3 Å². The van der Waals surface area contributed by atoms with Gasteiger partial charge in [-0.1, -0.05) is 12.1 Å². The number of carbonyl (C=O) groups excluding carboxylic acids is 1. The number of nitrogens with one attached hydrogen (secondary N) is 1. The Morgan fingerprint density at radius 3 is 2.55 bits per heavy atom. The van der Waals surface area contributed by atoms with E-state index in [1.165, 1.54) is 24.3 Å². The van der Waals surface area contributed by atoms with E-state index in [9.17, 15) is 22.2 Å². The molecule has 0 saturated carbocycles. The molecule has 0 saturated heterocycles. The first-order valence-corrected chi connectivity index (χ1v) is 6.92. The Balaban J connectivity index is 0.00000242. The number of nitrogens with zero attached hydrogens (tertiary/aromatic N) is 1. The molecule has 2 rings (SSSR count). The van der Waals surface area contributed by atoms with Crippen molar-refractivity contribution in [3.63, 3.8) is 0 Å². The van der Waals surface area contributed by atoms with Crippen molar-refractivity contribution >= 4 is 22.2 Å². The van der Waals surface area contributed by atoms with Crippen molar-refractivity contribution in [2.75, 3.05) is 0 Å². The molecule has 0 unspecified atom stereocenters. The van der Waals surface area contributed by atoms with Gasteiger partial charge in [0.25, 0.3) is 5.91 Å². The molecule has 0 atom stereocenters. The van der Waals surface area contributed by atoms with E-state index in [1.807, 2.05) is 5.43 Å². The molecule has 1 aromatic carbocycles. The van der Waals surface area contributed by atoms with Crippen LogP contribution in [-0.2, 0) is 10.1 Å². The molecule has 0 aliphatic carbocycles. The van der Waals surface area contributed by atoms with Crippen LogP contribution in [-0.4, -0.2) is 25.1 Å². The first-order chi connectivity index (χ1) is 9.88. The quantitative estimate of drug-likeness (QED) is 0.303. The third-order valence-electron chi connectivity index (χ3n) is 2.32. The molecule has 0 aliphatic heterocycles. The molecule has 0 aliphatic rings. The standard InChI is InChI=1S/C12H9FN2O5S.Na/c13-10-4-2-1-3-9(10)12(16)15-14-7-8-5-6-11(20-8)21(17,18)19;/h1-7H,(H,15,16)(H,17,18,19);/q;+1/p-1/b14-7+;. The van der Waals surface area contributed by atoms with E-state index in [2.05, 4.69) is 9.52 Å². The summed E-state index contributed by atoms with van der Waals surface area (Å²) in [5.74, 6) is -1.55. The van der Waals surface area contributed by atoms with Crippen LogP contribution in [0.1, 0.15) is 16.1 Å². The van der Waals surface area contributed by atoms with Gasteiger partial charge in [0, 0.05) is 0 Å². The fraction of sp³-hybridized carbons (Fsp3) is 0. The summed E-state index contributed by atoms with van der Waals surface area (Å²) in [5.41, 5.74) is 1.84. The number of carbonyl (C=O) groups is 1. The van der Waals surface area contributed by atoms with Gasteiger partial charge in [-0.3, -0.25) is 4.79 Å². The van der Waals surface area contributed by atoms with Gasteiger partial charge in [-0.2, -0.15) is 5.10 Å². The van der Waals surface area contributed by atoms with Gasteiger partial charge in [-0.15, -0.1) is 0 Å². The molecule has 0 bridgehead atoms. The van der Waals surface area contributed by atoms with E-state index >= 15 is 0 Å². The third kappa shape index (κ3) is 4.75. The normalized spacial score (nSPS) is 11.2. The summed E-state index contributed by atoms with van der Waals surface area (Å²) < 4.78 is 49.9. The van der Waals surface area contributed by atoms with Crippen LogP contribution in [0.4, 0.5) is 4.39 Å². The van der Waals surface area contributed by atoms with Gasteiger partial charge < -0.3 is 8.97 Å². The Morgan fingerprint density at radius 1 is 1.27 bits per heavy atom. The average Bonchev–Trinajstić information content (AvgIpc) is 2.88. The van der Waals surface area contributed by atoms with Crippen LogP contribution in [0.25, 0.3) is 0 Å². The second kappa shape index (κ2) is 7.65. The third-order valence-corrected chi connectivity index (χ3v) is 3.04. The van der Waals surface area contributed by atoms with E-state index in [4.69, 9.17) is 0 Å². The van der Waals surface area contributed by atoms with Crippen molar-refractivity contribution in [2.24, 2.45) is 5.10 Å². The summed E-state index contributed by atoms with van der Waals surface area (Å²) in [4.78, 5) is 11.6. The Labute approximate surface area is 147 Å². The molecule has 2 aromatic rings. The molecular formula is C12H8FN2NaO5S. The zero-order valence-corrected chi connectivity index (χ0v) is 14.1. The van der Waals surface area contributed by atoms with Gasteiger partial charge in [-0.25, -0.2) is 18.2 Å². The number of hydrogen-bond acceptors (Lipinski definition) is 6. The number of benzene rings is 1. The van der Waals surface area contributed by atoms with E-state index in [0.29, 0.717) is 0 Å². The smallest absolute Gasteiger partial charge is 0.742 e. The van der Waals surface area contributed by atoms with Crippen molar-refractivity contribution in [1.82, 2.24) is 5.43 Å². The van der Waals surface area contributed by atoms with Crippen LogP contribution in [0, 0.1) is 5.82 Å². The summed E-state index contributed by atoms with van der Waals surface area (Å²) in [7, 11) is -4.69. The molecule has 110 valence electrons. The van der Waals surface area contributed by atoms with Gasteiger partial charge in [0.15, 0.2) is 10.1 Å². The topological polar surface area (TPSA) is 112 Å². The Hall–Kier alpha value is -1.52. The molecule has 1 aromatic heterocycles. The molecule has 0 fully saturated rings. The summed E-state index contributed by atoms with van der Waals surface area (Å²) in [6.07, 6.45) is 0.980. The fourth-order valence-electron chi connectivity index (χ4n) is 1.40. The van der Waals surface area contributed by atoms with Crippen molar-refractivity contribution < 1.29 is 56.1 Å². The fourth-order valence-corrected chi connectivity index (χ4v) is 1.83. The zero-order valence-electron chi connectivity index (χ0n) is 11.3. The minimum atomic E-state index is -4.69. The Kier molecular flexibility index (Phi) is 6.45. The zero-order chi connectivity index (χ0) is 15.5. The largest absolute Gasteiger partial charge is 1.00 e. The summed E-state index contributed by atoms with van der Waals surface area (Å²) >= 11 is 0. The molecule has 0 radical (unpaired) electrons. The second-order valence-corrected chi connectivity index (χ2v) is 5.10.